The molecule has 10 heteroatoms. The number of benzene rings is 3. The van der Waals surface area contributed by atoms with Gasteiger partial charge in [0.1, 0.15) is 18.3 Å². The second kappa shape index (κ2) is 13.0. The Kier molecular flexibility index (Phi) is 9.99. The minimum Gasteiger partial charge on any atom is -0.495 e. The molecule has 3 aromatic rings. The van der Waals surface area contributed by atoms with Gasteiger partial charge in [0.05, 0.1) is 17.7 Å². The second-order valence-corrected chi connectivity index (χ2v) is 11.8. The van der Waals surface area contributed by atoms with Crippen LogP contribution in [0.1, 0.15) is 31.9 Å². The standard InChI is InChI=1S/C29H34ClN3O5S/c1-20(2)31-29(35)22(4)32(18-23-9-7-6-8-10-23)28(34)19-33(26-17-24(30)13-16-27(26)38-5)39(36,37)25-14-11-21(3)12-15-25/h6-17,20,22H,18-19H2,1-5H3,(H,31,35)/t22-/m0/s1. The number of nitrogens with one attached hydrogen (secondary N) is 1. The van der Waals surface area contributed by atoms with E-state index in [-0.39, 0.29) is 39.8 Å². The predicted molar refractivity (Wildman–Crippen MR) is 153 cm³/mol. The maximum atomic E-state index is 14.0. The largest absolute Gasteiger partial charge is 0.495 e. The third-order valence-corrected chi connectivity index (χ3v) is 8.10. The summed E-state index contributed by atoms with van der Waals surface area (Å²) in [6.45, 7) is 6.65. The molecule has 0 bridgehead atoms. The average molecular weight is 572 g/mol. The van der Waals surface area contributed by atoms with Crippen molar-refractivity contribution in [3.63, 3.8) is 0 Å². The summed E-state index contributed by atoms with van der Waals surface area (Å²) in [5.74, 6) is -0.686. The Hall–Kier alpha value is -3.56. The summed E-state index contributed by atoms with van der Waals surface area (Å²) < 4.78 is 34.4. The molecule has 0 aliphatic rings. The smallest absolute Gasteiger partial charge is 0.264 e. The quantitative estimate of drug-likeness (QED) is 0.357. The highest BCUT2D eigenvalue weighted by atomic mass is 35.5. The molecule has 0 heterocycles. The Labute approximate surface area is 235 Å². The van der Waals surface area contributed by atoms with Gasteiger partial charge in [-0.05, 0) is 63.6 Å². The number of hydrogen-bond acceptors (Lipinski definition) is 5. The molecule has 0 aromatic heterocycles. The van der Waals surface area contributed by atoms with Gasteiger partial charge < -0.3 is 15.0 Å². The molecular formula is C29H34ClN3O5S. The van der Waals surface area contributed by atoms with Crippen molar-refractivity contribution >= 4 is 39.1 Å². The number of aryl methyl sites for hydroxylation is 1. The number of rotatable bonds is 11. The molecule has 208 valence electrons. The molecule has 2 amide bonds. The van der Waals surface area contributed by atoms with E-state index >= 15 is 0 Å². The number of methoxy groups -OCH3 is 1. The Bertz CT molecular complexity index is 1400. The van der Waals surface area contributed by atoms with Crippen LogP contribution >= 0.6 is 11.6 Å². The van der Waals surface area contributed by atoms with Gasteiger partial charge >= 0.3 is 0 Å². The summed E-state index contributed by atoms with van der Waals surface area (Å²) in [4.78, 5) is 28.3. The number of carbonyl (C=O) groups is 2. The number of carbonyl (C=O) groups excluding carboxylic acids is 2. The van der Waals surface area contributed by atoms with Crippen LogP contribution in [0.15, 0.2) is 77.7 Å². The molecule has 0 aliphatic carbocycles. The summed E-state index contributed by atoms with van der Waals surface area (Å²) in [6.07, 6.45) is 0. The summed E-state index contributed by atoms with van der Waals surface area (Å²) in [5.41, 5.74) is 1.79. The first-order chi connectivity index (χ1) is 18.4. The maximum Gasteiger partial charge on any atom is 0.264 e. The minimum absolute atomic E-state index is 0.00290. The van der Waals surface area contributed by atoms with Gasteiger partial charge in [0.25, 0.3) is 10.0 Å². The summed E-state index contributed by atoms with van der Waals surface area (Å²) in [6, 6.07) is 19.1. The first-order valence-corrected chi connectivity index (χ1v) is 14.3. The number of hydrogen-bond donors (Lipinski definition) is 1. The predicted octanol–water partition coefficient (Wildman–Crippen LogP) is 4.79. The zero-order chi connectivity index (χ0) is 28.7. The van der Waals surface area contributed by atoms with Crippen LogP contribution < -0.4 is 14.4 Å². The number of ether oxygens (including phenoxy) is 1. The van der Waals surface area contributed by atoms with Gasteiger partial charge in [-0.15, -0.1) is 0 Å². The topological polar surface area (TPSA) is 96.0 Å². The molecule has 0 saturated heterocycles. The molecular weight excluding hydrogens is 538 g/mol. The van der Waals surface area contributed by atoms with Gasteiger partial charge in [-0.3, -0.25) is 13.9 Å². The molecule has 1 atom stereocenters. The fourth-order valence-electron chi connectivity index (χ4n) is 3.98. The first kappa shape index (κ1) is 30.0. The molecule has 0 unspecified atom stereocenters. The van der Waals surface area contributed by atoms with Crippen LogP contribution in [0, 0.1) is 6.92 Å². The molecule has 39 heavy (non-hydrogen) atoms. The van der Waals surface area contributed by atoms with Gasteiger partial charge in [-0.25, -0.2) is 8.42 Å². The Balaban J connectivity index is 2.09. The number of amides is 2. The van der Waals surface area contributed by atoms with E-state index in [1.165, 1.54) is 30.2 Å². The molecule has 0 aliphatic heterocycles. The fourth-order valence-corrected chi connectivity index (χ4v) is 5.56. The highest BCUT2D eigenvalue weighted by Crippen LogP contribution is 2.35. The van der Waals surface area contributed by atoms with E-state index in [2.05, 4.69) is 5.32 Å². The number of sulfonamides is 1. The fraction of sp³-hybridized carbons (Fsp3) is 0.310. The highest BCUT2D eigenvalue weighted by Gasteiger charge is 2.34. The van der Waals surface area contributed by atoms with Crippen LogP contribution in [0.5, 0.6) is 5.75 Å². The van der Waals surface area contributed by atoms with Crippen molar-refractivity contribution in [2.45, 2.75) is 51.2 Å². The first-order valence-electron chi connectivity index (χ1n) is 12.5. The van der Waals surface area contributed by atoms with Gasteiger partial charge in [-0.1, -0.05) is 59.6 Å². The molecule has 0 radical (unpaired) electrons. The van der Waals surface area contributed by atoms with E-state index in [4.69, 9.17) is 16.3 Å². The summed E-state index contributed by atoms with van der Waals surface area (Å²) >= 11 is 6.26. The van der Waals surface area contributed by atoms with E-state index in [1.807, 2.05) is 51.1 Å². The molecule has 8 nitrogen and oxygen atoms in total. The minimum atomic E-state index is -4.24. The molecule has 3 rings (SSSR count). The van der Waals surface area contributed by atoms with E-state index in [0.717, 1.165) is 15.4 Å². The van der Waals surface area contributed by atoms with Gasteiger partial charge in [0.15, 0.2) is 0 Å². The number of halogens is 1. The van der Waals surface area contributed by atoms with Crippen LogP contribution in [0.25, 0.3) is 0 Å². The lowest BCUT2D eigenvalue weighted by atomic mass is 10.1. The molecule has 0 saturated carbocycles. The van der Waals surface area contributed by atoms with Gasteiger partial charge in [0.2, 0.25) is 11.8 Å². The lowest BCUT2D eigenvalue weighted by Crippen LogP contribution is -2.52. The Morgan fingerprint density at radius 1 is 0.974 bits per heavy atom. The maximum absolute atomic E-state index is 14.0. The van der Waals surface area contributed by atoms with Crippen molar-refractivity contribution in [3.8, 4) is 5.75 Å². The Morgan fingerprint density at radius 2 is 1.62 bits per heavy atom. The van der Waals surface area contributed by atoms with Crippen LogP contribution in [0.4, 0.5) is 5.69 Å². The zero-order valence-electron chi connectivity index (χ0n) is 22.7. The molecule has 0 spiro atoms. The van der Waals surface area contributed by atoms with Crippen molar-refractivity contribution in [2.24, 2.45) is 0 Å². The molecule has 1 N–H and O–H groups in total. The third kappa shape index (κ3) is 7.52. The van der Waals surface area contributed by atoms with Crippen molar-refractivity contribution < 1.29 is 22.7 Å². The lowest BCUT2D eigenvalue weighted by Gasteiger charge is -2.32. The van der Waals surface area contributed by atoms with Crippen LogP contribution in [-0.4, -0.2) is 50.9 Å². The van der Waals surface area contributed by atoms with Crippen LogP contribution in [-0.2, 0) is 26.2 Å². The van der Waals surface area contributed by atoms with E-state index in [1.54, 1.807) is 31.2 Å². The van der Waals surface area contributed by atoms with Crippen molar-refractivity contribution in [2.75, 3.05) is 18.0 Å². The van der Waals surface area contributed by atoms with Gasteiger partial charge in [-0.2, -0.15) is 0 Å². The summed E-state index contributed by atoms with van der Waals surface area (Å²) in [5, 5.41) is 3.11. The van der Waals surface area contributed by atoms with Crippen molar-refractivity contribution in [1.29, 1.82) is 0 Å². The number of anilines is 1. The zero-order valence-corrected chi connectivity index (χ0v) is 24.3. The van der Waals surface area contributed by atoms with Crippen molar-refractivity contribution in [1.82, 2.24) is 10.2 Å². The van der Waals surface area contributed by atoms with E-state index in [0.29, 0.717) is 0 Å². The summed E-state index contributed by atoms with van der Waals surface area (Å²) in [7, 11) is -2.83. The average Bonchev–Trinajstić information content (AvgIpc) is 2.90. The molecule has 3 aromatic carbocycles. The van der Waals surface area contributed by atoms with E-state index < -0.39 is 28.5 Å². The van der Waals surface area contributed by atoms with Crippen LogP contribution in [0.3, 0.4) is 0 Å². The highest BCUT2D eigenvalue weighted by molar-refractivity contribution is 7.92. The number of nitrogens with zero attached hydrogens (tertiary/aromatic N) is 2. The third-order valence-electron chi connectivity index (χ3n) is 6.09. The van der Waals surface area contributed by atoms with E-state index in [9.17, 15) is 18.0 Å². The van der Waals surface area contributed by atoms with Crippen molar-refractivity contribution in [3.05, 3.63) is 88.9 Å². The molecule has 0 fully saturated rings. The SMILES string of the molecule is COc1ccc(Cl)cc1N(CC(=O)N(Cc1ccccc1)[C@@H](C)C(=O)NC(C)C)S(=O)(=O)c1ccc(C)cc1. The van der Waals surface area contributed by atoms with Gasteiger partial charge in [0, 0.05) is 17.6 Å². The van der Waals surface area contributed by atoms with Crippen LogP contribution in [0.2, 0.25) is 5.02 Å². The normalized spacial score (nSPS) is 12.1. The lowest BCUT2D eigenvalue weighted by molar-refractivity contribution is -0.139. The monoisotopic (exact) mass is 571 g/mol. The Morgan fingerprint density at radius 3 is 2.21 bits per heavy atom. The second-order valence-electron chi connectivity index (χ2n) is 9.49.